The summed E-state index contributed by atoms with van der Waals surface area (Å²) in [5.74, 6) is 0.363. The van der Waals surface area contributed by atoms with Gasteiger partial charge in [0.15, 0.2) is 0 Å². The summed E-state index contributed by atoms with van der Waals surface area (Å²) < 4.78 is 0. The van der Waals surface area contributed by atoms with Crippen molar-refractivity contribution in [2.24, 2.45) is 10.8 Å². The molecular weight excluding hydrogens is 268 g/mol. The lowest BCUT2D eigenvalue weighted by molar-refractivity contribution is 0.474. The lowest BCUT2D eigenvalue weighted by atomic mass is 9.81. The van der Waals surface area contributed by atoms with E-state index in [0.717, 1.165) is 18.4 Å². The predicted molar refractivity (Wildman–Crippen MR) is 95.1 cm³/mol. The van der Waals surface area contributed by atoms with Crippen molar-refractivity contribution in [3.8, 4) is 5.75 Å². The Labute approximate surface area is 135 Å². The normalized spacial score (nSPS) is 24.7. The van der Waals surface area contributed by atoms with E-state index in [1.165, 1.54) is 11.1 Å². The Morgan fingerprint density at radius 3 is 2.23 bits per heavy atom. The van der Waals surface area contributed by atoms with Crippen molar-refractivity contribution in [3.63, 3.8) is 0 Å². The Kier molecular flexibility index (Phi) is 4.65. The summed E-state index contributed by atoms with van der Waals surface area (Å²) >= 11 is 0. The third-order valence-corrected chi connectivity index (χ3v) is 4.05. The van der Waals surface area contributed by atoms with Crippen molar-refractivity contribution in [2.75, 3.05) is 0 Å². The summed E-state index contributed by atoms with van der Waals surface area (Å²) in [6, 6.07) is 5.83. The third-order valence-electron chi connectivity index (χ3n) is 4.05. The molecule has 0 aliphatic heterocycles. The Morgan fingerprint density at radius 2 is 1.55 bits per heavy atom. The van der Waals surface area contributed by atoms with Gasteiger partial charge in [-0.2, -0.15) is 0 Å². The van der Waals surface area contributed by atoms with Crippen LogP contribution in [0.25, 0.3) is 0 Å². The molecule has 0 fully saturated rings. The molecule has 0 unspecified atom stereocenters. The second-order valence-corrected chi connectivity index (χ2v) is 7.71. The van der Waals surface area contributed by atoms with Gasteiger partial charge in [0.2, 0.25) is 0 Å². The number of aryl methyl sites for hydroxylation is 2. The minimum atomic E-state index is 0.0755. The first-order valence-electron chi connectivity index (χ1n) is 8.06. The van der Waals surface area contributed by atoms with Gasteiger partial charge in [0.1, 0.15) is 5.75 Å². The molecule has 0 spiro atoms. The van der Waals surface area contributed by atoms with E-state index in [1.54, 1.807) is 6.07 Å². The Morgan fingerprint density at radius 1 is 0.864 bits per heavy atom. The quantitative estimate of drug-likeness (QED) is 0.705. The SMILES string of the molecule is Cc1cc(O)cc(CCC2=C/C(C)(C)/C=C\C(C)(C)/C=C\2)c1. The van der Waals surface area contributed by atoms with E-state index < -0.39 is 0 Å². The molecule has 2 rings (SSSR count). The smallest absolute Gasteiger partial charge is 0.116 e. The molecule has 1 nitrogen and oxygen atoms in total. The highest BCUT2D eigenvalue weighted by Gasteiger charge is 2.18. The van der Waals surface area contributed by atoms with Gasteiger partial charge in [-0.1, -0.05) is 69.7 Å². The number of phenols is 1. The van der Waals surface area contributed by atoms with Gasteiger partial charge in [0.05, 0.1) is 0 Å². The van der Waals surface area contributed by atoms with E-state index in [0.29, 0.717) is 5.75 Å². The number of hydrogen-bond acceptors (Lipinski definition) is 1. The summed E-state index contributed by atoms with van der Waals surface area (Å²) in [4.78, 5) is 0. The topological polar surface area (TPSA) is 20.2 Å². The zero-order chi connectivity index (χ0) is 16.4. The number of rotatable bonds is 3. The van der Waals surface area contributed by atoms with Gasteiger partial charge in [-0.3, -0.25) is 0 Å². The van der Waals surface area contributed by atoms with Crippen LogP contribution in [-0.4, -0.2) is 5.11 Å². The summed E-state index contributed by atoms with van der Waals surface area (Å²) in [6.07, 6.45) is 13.4. The molecule has 1 heteroatoms. The van der Waals surface area contributed by atoms with Gasteiger partial charge in [0, 0.05) is 10.8 Å². The molecular formula is C21H28O. The van der Waals surface area contributed by atoms with E-state index in [4.69, 9.17) is 0 Å². The van der Waals surface area contributed by atoms with E-state index in [-0.39, 0.29) is 10.8 Å². The van der Waals surface area contributed by atoms with Crippen LogP contribution in [-0.2, 0) is 6.42 Å². The van der Waals surface area contributed by atoms with E-state index in [1.807, 2.05) is 13.0 Å². The van der Waals surface area contributed by atoms with Crippen molar-refractivity contribution in [2.45, 2.75) is 47.5 Å². The second-order valence-electron chi connectivity index (χ2n) is 7.71. The lowest BCUT2D eigenvalue weighted by Gasteiger charge is -2.24. The maximum absolute atomic E-state index is 9.73. The molecule has 0 aromatic heterocycles. The highest BCUT2D eigenvalue weighted by molar-refractivity contribution is 5.35. The molecule has 22 heavy (non-hydrogen) atoms. The van der Waals surface area contributed by atoms with Crippen LogP contribution < -0.4 is 0 Å². The molecule has 118 valence electrons. The van der Waals surface area contributed by atoms with Gasteiger partial charge < -0.3 is 5.11 Å². The standard InChI is InChI=1S/C21H28O/c1-16-12-18(14-19(22)13-16)7-6-17-8-9-20(2,3)10-11-21(4,5)15-17/h8-15,22H,6-7H2,1-5H3/b9-8-,11-10-,17-15-. The minimum Gasteiger partial charge on any atom is -0.508 e. The number of hydrogen-bond donors (Lipinski definition) is 1. The fourth-order valence-corrected chi connectivity index (χ4v) is 2.81. The van der Waals surface area contributed by atoms with Crippen molar-refractivity contribution in [1.29, 1.82) is 0 Å². The predicted octanol–water partition coefficient (Wildman–Crippen LogP) is 5.74. The van der Waals surface area contributed by atoms with Gasteiger partial charge in [0.25, 0.3) is 0 Å². The second kappa shape index (κ2) is 6.16. The number of phenolic OH excluding ortho intramolecular Hbond substituents is 1. The zero-order valence-corrected chi connectivity index (χ0v) is 14.5. The van der Waals surface area contributed by atoms with Crippen LogP contribution in [0.2, 0.25) is 0 Å². The van der Waals surface area contributed by atoms with Crippen LogP contribution in [0.5, 0.6) is 5.75 Å². The highest BCUT2D eigenvalue weighted by atomic mass is 16.3. The average molecular weight is 296 g/mol. The summed E-state index contributed by atoms with van der Waals surface area (Å²) in [5, 5.41) is 9.73. The average Bonchev–Trinajstić information content (AvgIpc) is 2.38. The van der Waals surface area contributed by atoms with Crippen LogP contribution in [0.1, 0.15) is 45.2 Å². The molecule has 1 aromatic carbocycles. The molecule has 0 saturated heterocycles. The fourth-order valence-electron chi connectivity index (χ4n) is 2.81. The van der Waals surface area contributed by atoms with Gasteiger partial charge in [-0.25, -0.2) is 0 Å². The van der Waals surface area contributed by atoms with Crippen LogP contribution in [0.15, 0.2) is 54.2 Å². The molecule has 1 aromatic rings. The fraction of sp³-hybridized carbons (Fsp3) is 0.429. The summed E-state index contributed by atoms with van der Waals surface area (Å²) in [7, 11) is 0. The van der Waals surface area contributed by atoms with Crippen LogP contribution in [0.4, 0.5) is 0 Å². The maximum atomic E-state index is 9.73. The molecule has 1 aliphatic rings. The van der Waals surface area contributed by atoms with Gasteiger partial charge in [-0.05, 0) is 43.0 Å². The van der Waals surface area contributed by atoms with Crippen molar-refractivity contribution in [1.82, 2.24) is 0 Å². The first-order valence-corrected chi connectivity index (χ1v) is 8.06. The van der Waals surface area contributed by atoms with Crippen LogP contribution >= 0.6 is 0 Å². The molecule has 0 heterocycles. The largest absolute Gasteiger partial charge is 0.508 e. The molecule has 0 saturated carbocycles. The molecule has 0 amide bonds. The zero-order valence-electron chi connectivity index (χ0n) is 14.5. The van der Waals surface area contributed by atoms with Gasteiger partial charge >= 0.3 is 0 Å². The van der Waals surface area contributed by atoms with E-state index in [2.05, 4.69) is 64.1 Å². The van der Waals surface area contributed by atoms with Crippen LogP contribution in [0.3, 0.4) is 0 Å². The third kappa shape index (κ3) is 4.91. The first-order chi connectivity index (χ1) is 10.2. The molecule has 0 radical (unpaired) electrons. The Balaban J connectivity index is 2.18. The number of aromatic hydroxyl groups is 1. The monoisotopic (exact) mass is 296 g/mol. The first kappa shape index (κ1) is 16.6. The maximum Gasteiger partial charge on any atom is 0.116 e. The van der Waals surface area contributed by atoms with E-state index >= 15 is 0 Å². The number of benzene rings is 1. The van der Waals surface area contributed by atoms with E-state index in [9.17, 15) is 5.11 Å². The number of allylic oxidation sites excluding steroid dienone is 6. The molecule has 1 aliphatic carbocycles. The molecule has 0 atom stereocenters. The van der Waals surface area contributed by atoms with Crippen molar-refractivity contribution in [3.05, 3.63) is 65.3 Å². The molecule has 0 bridgehead atoms. The minimum absolute atomic E-state index is 0.0755. The highest BCUT2D eigenvalue weighted by Crippen LogP contribution is 2.31. The van der Waals surface area contributed by atoms with Crippen LogP contribution in [0, 0.1) is 17.8 Å². The lowest BCUT2D eigenvalue weighted by Crippen LogP contribution is -2.11. The Bertz CT molecular complexity index is 607. The Hall–Kier alpha value is -1.76. The van der Waals surface area contributed by atoms with Gasteiger partial charge in [-0.15, -0.1) is 0 Å². The summed E-state index contributed by atoms with van der Waals surface area (Å²) in [6.45, 7) is 11.0. The van der Waals surface area contributed by atoms with Crippen molar-refractivity contribution >= 4 is 0 Å². The molecule has 1 N–H and O–H groups in total. The summed E-state index contributed by atoms with van der Waals surface area (Å²) in [5.41, 5.74) is 3.84. The van der Waals surface area contributed by atoms with Crippen molar-refractivity contribution < 1.29 is 5.11 Å².